The van der Waals surface area contributed by atoms with Gasteiger partial charge in [0.05, 0.1) is 21.0 Å². The summed E-state index contributed by atoms with van der Waals surface area (Å²) < 4.78 is 40.7. The largest absolute Gasteiger partial charge is 0.474 e. The van der Waals surface area contributed by atoms with Gasteiger partial charge in [0, 0.05) is 43.1 Å². The van der Waals surface area contributed by atoms with Crippen molar-refractivity contribution in [1.82, 2.24) is 14.9 Å². The Hall–Kier alpha value is -2.95. The number of anilines is 2. The third kappa shape index (κ3) is 4.59. The highest BCUT2D eigenvalue weighted by Gasteiger charge is 2.36. The number of piperidine rings is 1. The number of ether oxygens (including phenoxy) is 1. The second kappa shape index (κ2) is 8.77. The third-order valence-electron chi connectivity index (χ3n) is 6.27. The van der Waals surface area contributed by atoms with Crippen molar-refractivity contribution in [3.8, 4) is 5.88 Å². The number of rotatable bonds is 5. The van der Waals surface area contributed by atoms with Gasteiger partial charge in [0.15, 0.2) is 0 Å². The van der Waals surface area contributed by atoms with Crippen LogP contribution in [0.4, 0.5) is 20.7 Å². The number of hydrogen-bond donors (Lipinski definition) is 2. The highest BCUT2D eigenvalue weighted by molar-refractivity contribution is 7.91. The van der Waals surface area contributed by atoms with Gasteiger partial charge in [-0.2, -0.15) is 0 Å². The average molecular weight is 478 g/mol. The molecule has 4 rings (SSSR count). The zero-order valence-electron chi connectivity index (χ0n) is 18.8. The monoisotopic (exact) mass is 477 g/mol. The Morgan fingerprint density at radius 3 is 2.73 bits per heavy atom. The van der Waals surface area contributed by atoms with E-state index in [-0.39, 0.29) is 23.0 Å². The van der Waals surface area contributed by atoms with Crippen molar-refractivity contribution < 1.29 is 23.2 Å². The van der Waals surface area contributed by atoms with Gasteiger partial charge in [-0.3, -0.25) is 0 Å². The first-order valence-electron chi connectivity index (χ1n) is 10.9. The molecule has 1 saturated heterocycles. The molecule has 2 N–H and O–H groups in total. The van der Waals surface area contributed by atoms with Crippen LogP contribution in [0.1, 0.15) is 32.3 Å². The van der Waals surface area contributed by atoms with Crippen molar-refractivity contribution in [1.29, 1.82) is 4.78 Å². The van der Waals surface area contributed by atoms with Gasteiger partial charge >= 0.3 is 6.09 Å². The molecule has 0 radical (unpaired) electrons. The van der Waals surface area contributed by atoms with Crippen LogP contribution in [0, 0.1) is 16.5 Å². The summed E-state index contributed by atoms with van der Waals surface area (Å²) in [4.78, 5) is 23.6. The van der Waals surface area contributed by atoms with Crippen molar-refractivity contribution >= 4 is 27.3 Å². The quantitative estimate of drug-likeness (QED) is 0.670. The van der Waals surface area contributed by atoms with Crippen molar-refractivity contribution in [3.05, 3.63) is 35.9 Å². The average Bonchev–Trinajstić information content (AvgIpc) is 3.17. The molecule has 1 aromatic carbocycles. The number of fused-ring (bicyclic) bond motifs is 1. The van der Waals surface area contributed by atoms with Crippen LogP contribution in [0.2, 0.25) is 0 Å². The van der Waals surface area contributed by atoms with Crippen molar-refractivity contribution in [3.63, 3.8) is 0 Å². The molecule has 1 fully saturated rings. The molecule has 0 bridgehead atoms. The van der Waals surface area contributed by atoms with Gasteiger partial charge < -0.3 is 19.6 Å². The number of hydrogen-bond acceptors (Lipinski definition) is 7. The van der Waals surface area contributed by atoms with Crippen LogP contribution >= 0.6 is 0 Å². The Morgan fingerprint density at radius 2 is 2.09 bits per heavy atom. The fraction of sp³-hybridized carbons (Fsp3) is 0.500. The molecular formula is C22H28FN5O4S. The lowest BCUT2D eigenvalue weighted by atomic mass is 9.91. The van der Waals surface area contributed by atoms with Crippen LogP contribution in [-0.4, -0.2) is 61.8 Å². The number of nitrogens with one attached hydrogen (secondary N) is 1. The topological polar surface area (TPSA) is 120 Å². The van der Waals surface area contributed by atoms with E-state index >= 15 is 0 Å². The maximum absolute atomic E-state index is 14.8. The van der Waals surface area contributed by atoms with Gasteiger partial charge in [0.2, 0.25) is 5.88 Å². The fourth-order valence-corrected chi connectivity index (χ4v) is 5.21. The first-order chi connectivity index (χ1) is 15.6. The normalized spacial score (nSPS) is 22.2. The van der Waals surface area contributed by atoms with E-state index < -0.39 is 21.6 Å². The van der Waals surface area contributed by atoms with Gasteiger partial charge in [-0.25, -0.2) is 28.1 Å². The molecule has 2 aliphatic rings. The summed E-state index contributed by atoms with van der Waals surface area (Å²) in [7, 11) is -3.01. The van der Waals surface area contributed by atoms with E-state index in [1.807, 2.05) is 13.8 Å². The molecule has 1 amide bonds. The molecule has 3 heterocycles. The van der Waals surface area contributed by atoms with E-state index in [1.165, 1.54) is 29.6 Å². The molecular weight excluding hydrogens is 449 g/mol. The van der Waals surface area contributed by atoms with Crippen LogP contribution < -0.4 is 9.64 Å². The fourth-order valence-electron chi connectivity index (χ4n) is 4.55. The standard InChI is InChI=1S/C22H28FN5O4S/c1-13(2)19-10-14(6-8-28(19)22(29)30)32-21-16-7-9-27(20(16)25-12-26-21)18-5-4-15(11-17(18)23)33(3,24)31/h4-5,11-14,19,24H,6-10H2,1-3H3,(H,29,30)/t14-,19?,33-/m0/s1. The Bertz CT molecular complexity index is 1170. The number of nitrogens with zero attached hydrogens (tertiary/aromatic N) is 4. The molecule has 2 aliphatic heterocycles. The van der Waals surface area contributed by atoms with Crippen LogP contribution in [0.3, 0.4) is 0 Å². The Labute approximate surface area is 192 Å². The first kappa shape index (κ1) is 23.2. The second-order valence-electron chi connectivity index (χ2n) is 8.89. The van der Waals surface area contributed by atoms with Crippen molar-refractivity contribution in [2.45, 2.75) is 50.2 Å². The summed E-state index contributed by atoms with van der Waals surface area (Å²) in [6.07, 6.45) is 3.26. The summed E-state index contributed by atoms with van der Waals surface area (Å²) in [5, 5.41) is 9.48. The van der Waals surface area contributed by atoms with E-state index in [1.54, 1.807) is 4.90 Å². The minimum Gasteiger partial charge on any atom is -0.474 e. The zero-order valence-corrected chi connectivity index (χ0v) is 19.6. The lowest BCUT2D eigenvalue weighted by Gasteiger charge is -2.39. The van der Waals surface area contributed by atoms with Gasteiger partial charge in [0.25, 0.3) is 0 Å². The summed E-state index contributed by atoms with van der Waals surface area (Å²) in [5.74, 6) is 0.590. The molecule has 1 aromatic heterocycles. The number of benzene rings is 1. The van der Waals surface area contributed by atoms with E-state index in [0.29, 0.717) is 49.7 Å². The minimum absolute atomic E-state index is 0.133. The number of carboxylic acid groups (broad SMARTS) is 1. The van der Waals surface area contributed by atoms with E-state index in [2.05, 4.69) is 9.97 Å². The van der Waals surface area contributed by atoms with Crippen LogP contribution in [0.25, 0.3) is 0 Å². The SMILES string of the molecule is CC(C)C1C[C@@H](Oc2ncnc3c2CCN3c2ccc([S@@](C)(=N)=O)cc2F)CCN1C(=O)O. The van der Waals surface area contributed by atoms with Crippen LogP contribution in [-0.2, 0) is 16.1 Å². The minimum atomic E-state index is -3.01. The molecule has 9 nitrogen and oxygen atoms in total. The third-order valence-corrected chi connectivity index (χ3v) is 7.43. The highest BCUT2D eigenvalue weighted by Crippen LogP contribution is 2.39. The van der Waals surface area contributed by atoms with Gasteiger partial charge in [-0.1, -0.05) is 13.8 Å². The van der Waals surface area contributed by atoms with Crippen LogP contribution in [0.5, 0.6) is 5.88 Å². The molecule has 33 heavy (non-hydrogen) atoms. The van der Waals surface area contributed by atoms with E-state index in [0.717, 1.165) is 11.6 Å². The van der Waals surface area contributed by atoms with E-state index in [4.69, 9.17) is 9.52 Å². The predicted octanol–water partition coefficient (Wildman–Crippen LogP) is 3.89. The van der Waals surface area contributed by atoms with Crippen LogP contribution in [0.15, 0.2) is 29.4 Å². The smallest absolute Gasteiger partial charge is 0.407 e. The second-order valence-corrected chi connectivity index (χ2v) is 11.0. The molecule has 178 valence electrons. The molecule has 2 aromatic rings. The van der Waals surface area contributed by atoms with Gasteiger partial charge in [-0.05, 0) is 30.5 Å². The van der Waals surface area contributed by atoms with Gasteiger partial charge in [0.1, 0.15) is 24.1 Å². The molecule has 0 aliphatic carbocycles. The van der Waals surface area contributed by atoms with E-state index in [9.17, 15) is 18.5 Å². The molecule has 0 saturated carbocycles. The number of carbonyl (C=O) groups is 1. The summed E-state index contributed by atoms with van der Waals surface area (Å²) in [6.45, 7) is 4.88. The summed E-state index contributed by atoms with van der Waals surface area (Å²) in [6, 6.07) is 4.04. The summed E-state index contributed by atoms with van der Waals surface area (Å²) in [5.41, 5.74) is 1.07. The number of amides is 1. The Balaban J connectivity index is 1.56. The number of halogens is 1. The predicted molar refractivity (Wildman–Crippen MR) is 121 cm³/mol. The van der Waals surface area contributed by atoms with Crippen molar-refractivity contribution in [2.75, 3.05) is 24.2 Å². The zero-order chi connectivity index (χ0) is 23.9. The molecule has 3 atom stereocenters. The molecule has 0 spiro atoms. The summed E-state index contributed by atoms with van der Waals surface area (Å²) >= 11 is 0. The van der Waals surface area contributed by atoms with Crippen molar-refractivity contribution in [2.24, 2.45) is 5.92 Å². The molecule has 1 unspecified atom stereocenters. The number of aromatic nitrogens is 2. The first-order valence-corrected chi connectivity index (χ1v) is 12.8. The molecule has 11 heteroatoms. The Kier molecular flexibility index (Phi) is 6.17. The maximum Gasteiger partial charge on any atom is 0.407 e. The van der Waals surface area contributed by atoms with Gasteiger partial charge in [-0.15, -0.1) is 0 Å². The lowest BCUT2D eigenvalue weighted by molar-refractivity contribution is 0.0361. The Morgan fingerprint density at radius 1 is 1.33 bits per heavy atom. The number of likely N-dealkylation sites (tertiary alicyclic amines) is 1. The highest BCUT2D eigenvalue weighted by atomic mass is 32.2. The lowest BCUT2D eigenvalue weighted by Crippen LogP contribution is -2.50. The maximum atomic E-state index is 14.8.